The molecule has 0 aromatic heterocycles. The predicted molar refractivity (Wildman–Crippen MR) is 83.4 cm³/mol. The average molecular weight is 288 g/mol. The van der Waals surface area contributed by atoms with Gasteiger partial charge in [-0.15, -0.1) is 0 Å². The van der Waals surface area contributed by atoms with Crippen molar-refractivity contribution in [3.8, 4) is 0 Å². The van der Waals surface area contributed by atoms with Gasteiger partial charge in [-0.05, 0) is 49.6 Å². The van der Waals surface area contributed by atoms with Gasteiger partial charge in [-0.2, -0.15) is 0 Å². The standard InChI is InChI=1S/C17H18ClNO/c1-12-3-4-13(2)16(11-12)17(20)19-10-9-14-5-7-15(18)8-6-14/h3-8,11H,9-10H2,1-2H3,(H,19,20). The van der Waals surface area contributed by atoms with E-state index in [1.165, 1.54) is 0 Å². The van der Waals surface area contributed by atoms with Crippen molar-refractivity contribution >= 4 is 17.5 Å². The average Bonchev–Trinajstić information content (AvgIpc) is 2.43. The molecule has 0 fully saturated rings. The van der Waals surface area contributed by atoms with Gasteiger partial charge in [0.2, 0.25) is 0 Å². The first-order valence-electron chi connectivity index (χ1n) is 6.66. The lowest BCUT2D eigenvalue weighted by atomic mass is 10.0. The van der Waals surface area contributed by atoms with Crippen LogP contribution >= 0.6 is 11.6 Å². The Kier molecular flexibility index (Phi) is 4.80. The summed E-state index contributed by atoms with van der Waals surface area (Å²) in [6.07, 6.45) is 0.799. The highest BCUT2D eigenvalue weighted by Crippen LogP contribution is 2.11. The fourth-order valence-corrected chi connectivity index (χ4v) is 2.17. The maximum absolute atomic E-state index is 12.1. The normalized spacial score (nSPS) is 10.3. The molecule has 1 amide bonds. The van der Waals surface area contributed by atoms with Crippen molar-refractivity contribution in [3.05, 3.63) is 69.7 Å². The molecule has 2 nitrogen and oxygen atoms in total. The Hall–Kier alpha value is -1.80. The van der Waals surface area contributed by atoms with E-state index in [0.717, 1.165) is 33.7 Å². The second kappa shape index (κ2) is 6.58. The summed E-state index contributed by atoms with van der Waals surface area (Å²) in [6.45, 7) is 4.56. The maximum Gasteiger partial charge on any atom is 0.251 e. The maximum atomic E-state index is 12.1. The summed E-state index contributed by atoms with van der Waals surface area (Å²) in [5, 5.41) is 3.69. The molecular weight excluding hydrogens is 270 g/mol. The Bertz CT molecular complexity index is 605. The molecule has 20 heavy (non-hydrogen) atoms. The summed E-state index contributed by atoms with van der Waals surface area (Å²) in [6, 6.07) is 13.6. The van der Waals surface area contributed by atoms with E-state index >= 15 is 0 Å². The molecule has 0 bridgehead atoms. The molecule has 104 valence electrons. The van der Waals surface area contributed by atoms with E-state index < -0.39 is 0 Å². The molecule has 1 N–H and O–H groups in total. The molecule has 2 aromatic rings. The van der Waals surface area contributed by atoms with Gasteiger partial charge in [0.25, 0.3) is 5.91 Å². The monoisotopic (exact) mass is 287 g/mol. The molecule has 2 aromatic carbocycles. The van der Waals surface area contributed by atoms with Gasteiger partial charge in [0.05, 0.1) is 0 Å². The first-order chi connectivity index (χ1) is 9.56. The molecule has 0 unspecified atom stereocenters. The highest BCUT2D eigenvalue weighted by molar-refractivity contribution is 6.30. The number of aryl methyl sites for hydroxylation is 2. The van der Waals surface area contributed by atoms with Gasteiger partial charge in [-0.25, -0.2) is 0 Å². The molecule has 0 aliphatic rings. The van der Waals surface area contributed by atoms with E-state index in [-0.39, 0.29) is 5.91 Å². The quantitative estimate of drug-likeness (QED) is 0.907. The van der Waals surface area contributed by atoms with Crippen LogP contribution in [-0.2, 0) is 6.42 Å². The van der Waals surface area contributed by atoms with Gasteiger partial charge in [0, 0.05) is 17.1 Å². The van der Waals surface area contributed by atoms with E-state index in [1.54, 1.807) is 0 Å². The summed E-state index contributed by atoms with van der Waals surface area (Å²) in [5.41, 5.74) is 4.01. The Morgan fingerprint density at radius 3 is 2.50 bits per heavy atom. The predicted octanol–water partition coefficient (Wildman–Crippen LogP) is 3.93. The lowest BCUT2D eigenvalue weighted by molar-refractivity contribution is 0.0953. The van der Waals surface area contributed by atoms with Gasteiger partial charge < -0.3 is 5.32 Å². The number of hydrogen-bond acceptors (Lipinski definition) is 1. The Morgan fingerprint density at radius 1 is 1.10 bits per heavy atom. The number of benzene rings is 2. The molecule has 2 rings (SSSR count). The number of carbonyl (C=O) groups excluding carboxylic acids is 1. The van der Waals surface area contributed by atoms with Crippen molar-refractivity contribution < 1.29 is 4.79 Å². The SMILES string of the molecule is Cc1ccc(C)c(C(=O)NCCc2ccc(Cl)cc2)c1. The summed E-state index contributed by atoms with van der Waals surface area (Å²) >= 11 is 5.84. The molecule has 0 radical (unpaired) electrons. The molecule has 0 atom stereocenters. The number of amides is 1. The summed E-state index contributed by atoms with van der Waals surface area (Å²) in [5.74, 6) is -0.0137. The largest absolute Gasteiger partial charge is 0.352 e. The number of rotatable bonds is 4. The fraction of sp³-hybridized carbons (Fsp3) is 0.235. The van der Waals surface area contributed by atoms with Gasteiger partial charge in [-0.1, -0.05) is 41.4 Å². The van der Waals surface area contributed by atoms with Gasteiger partial charge >= 0.3 is 0 Å². The van der Waals surface area contributed by atoms with Gasteiger partial charge in [-0.3, -0.25) is 4.79 Å². The van der Waals surface area contributed by atoms with Crippen LogP contribution in [0.5, 0.6) is 0 Å². The Balaban J connectivity index is 1.92. The van der Waals surface area contributed by atoms with E-state index in [1.807, 2.05) is 56.3 Å². The highest BCUT2D eigenvalue weighted by Gasteiger charge is 2.08. The van der Waals surface area contributed by atoms with E-state index in [2.05, 4.69) is 5.32 Å². The summed E-state index contributed by atoms with van der Waals surface area (Å²) in [4.78, 5) is 12.1. The van der Waals surface area contributed by atoms with Crippen LogP contribution in [0.4, 0.5) is 0 Å². The minimum Gasteiger partial charge on any atom is -0.352 e. The fourth-order valence-electron chi connectivity index (χ4n) is 2.05. The Morgan fingerprint density at radius 2 is 1.80 bits per heavy atom. The van der Waals surface area contributed by atoms with Crippen LogP contribution in [-0.4, -0.2) is 12.5 Å². The minimum absolute atomic E-state index is 0.0137. The van der Waals surface area contributed by atoms with Gasteiger partial charge in [0.15, 0.2) is 0 Å². The zero-order valence-electron chi connectivity index (χ0n) is 11.7. The van der Waals surface area contributed by atoms with Crippen molar-refractivity contribution in [2.75, 3.05) is 6.54 Å². The first kappa shape index (κ1) is 14.6. The molecule has 0 aliphatic carbocycles. The number of nitrogens with one attached hydrogen (secondary N) is 1. The number of halogens is 1. The highest BCUT2D eigenvalue weighted by atomic mass is 35.5. The van der Waals surface area contributed by atoms with Crippen LogP contribution in [0, 0.1) is 13.8 Å². The molecule has 0 aliphatic heterocycles. The zero-order valence-corrected chi connectivity index (χ0v) is 12.5. The summed E-state index contributed by atoms with van der Waals surface area (Å²) in [7, 11) is 0. The van der Waals surface area contributed by atoms with Crippen LogP contribution in [0.1, 0.15) is 27.0 Å². The van der Waals surface area contributed by atoms with E-state index in [0.29, 0.717) is 6.54 Å². The van der Waals surface area contributed by atoms with Crippen molar-refractivity contribution in [2.45, 2.75) is 20.3 Å². The first-order valence-corrected chi connectivity index (χ1v) is 7.04. The molecule has 3 heteroatoms. The smallest absolute Gasteiger partial charge is 0.251 e. The third-order valence-electron chi connectivity index (χ3n) is 3.25. The summed E-state index contributed by atoms with van der Waals surface area (Å²) < 4.78 is 0. The third-order valence-corrected chi connectivity index (χ3v) is 3.50. The molecule has 0 spiro atoms. The number of hydrogen-bond donors (Lipinski definition) is 1. The van der Waals surface area contributed by atoms with Crippen LogP contribution in [0.15, 0.2) is 42.5 Å². The molecular formula is C17H18ClNO. The third kappa shape index (κ3) is 3.84. The van der Waals surface area contributed by atoms with Crippen molar-refractivity contribution in [1.82, 2.24) is 5.32 Å². The second-order valence-electron chi connectivity index (χ2n) is 4.95. The van der Waals surface area contributed by atoms with Crippen LogP contribution in [0.3, 0.4) is 0 Å². The van der Waals surface area contributed by atoms with Crippen molar-refractivity contribution in [3.63, 3.8) is 0 Å². The zero-order chi connectivity index (χ0) is 14.5. The lowest BCUT2D eigenvalue weighted by Crippen LogP contribution is -2.26. The van der Waals surface area contributed by atoms with Crippen molar-refractivity contribution in [2.24, 2.45) is 0 Å². The number of carbonyl (C=O) groups is 1. The van der Waals surface area contributed by atoms with E-state index in [9.17, 15) is 4.79 Å². The lowest BCUT2D eigenvalue weighted by Gasteiger charge is -2.08. The van der Waals surface area contributed by atoms with Crippen LogP contribution in [0.25, 0.3) is 0 Å². The molecule has 0 saturated heterocycles. The van der Waals surface area contributed by atoms with Crippen LogP contribution < -0.4 is 5.32 Å². The van der Waals surface area contributed by atoms with Crippen molar-refractivity contribution in [1.29, 1.82) is 0 Å². The van der Waals surface area contributed by atoms with Crippen LogP contribution in [0.2, 0.25) is 5.02 Å². The second-order valence-corrected chi connectivity index (χ2v) is 5.39. The minimum atomic E-state index is -0.0137. The topological polar surface area (TPSA) is 29.1 Å². The van der Waals surface area contributed by atoms with Gasteiger partial charge in [0.1, 0.15) is 0 Å². The molecule has 0 heterocycles. The van der Waals surface area contributed by atoms with E-state index in [4.69, 9.17) is 11.6 Å². The Labute approximate surface area is 124 Å². The molecule has 0 saturated carbocycles.